The molecule has 0 bridgehead atoms. The molecule has 0 unspecified atom stereocenters. The molecule has 148 valence electrons. The molecule has 0 aromatic rings. The van der Waals surface area contributed by atoms with Crippen LogP contribution in [-0.2, 0) is 9.47 Å². The Morgan fingerprint density at radius 1 is 0.708 bits per heavy atom. The fourth-order valence-electron chi connectivity index (χ4n) is 1.11. The number of halogens is 1. The SMILES string of the molecule is CC.CC.CC(C)/C=C/COCC(C)C.CC(C)COC/C=C/F. The Balaban J connectivity index is -0.000000139. The van der Waals surface area contributed by atoms with Crippen LogP contribution in [0.5, 0.6) is 0 Å². The lowest BCUT2D eigenvalue weighted by Gasteiger charge is -2.03. The van der Waals surface area contributed by atoms with Crippen LogP contribution in [0.3, 0.4) is 0 Å². The first-order valence-corrected chi connectivity index (χ1v) is 9.47. The van der Waals surface area contributed by atoms with Crippen LogP contribution in [0.2, 0.25) is 0 Å². The van der Waals surface area contributed by atoms with Crippen LogP contribution >= 0.6 is 0 Å². The summed E-state index contributed by atoms with van der Waals surface area (Å²) in [7, 11) is 0. The molecule has 0 saturated heterocycles. The zero-order valence-electron chi connectivity index (χ0n) is 18.1. The van der Waals surface area contributed by atoms with Crippen LogP contribution in [0, 0.1) is 17.8 Å². The van der Waals surface area contributed by atoms with Crippen molar-refractivity contribution in [3.8, 4) is 0 Å². The third-order valence-electron chi connectivity index (χ3n) is 1.94. The minimum atomic E-state index is 0.384. The summed E-state index contributed by atoms with van der Waals surface area (Å²) in [5, 5.41) is 0. The molecular weight excluding hydrogens is 303 g/mol. The Kier molecular flexibility index (Phi) is 39.2. The maximum absolute atomic E-state index is 11.3. The Labute approximate surface area is 152 Å². The van der Waals surface area contributed by atoms with E-state index in [1.54, 1.807) is 0 Å². The van der Waals surface area contributed by atoms with Gasteiger partial charge < -0.3 is 9.47 Å². The van der Waals surface area contributed by atoms with Gasteiger partial charge in [0.15, 0.2) is 0 Å². The Morgan fingerprint density at radius 2 is 1.08 bits per heavy atom. The summed E-state index contributed by atoms with van der Waals surface area (Å²) < 4.78 is 21.6. The highest BCUT2D eigenvalue weighted by atomic mass is 19.1. The summed E-state index contributed by atoms with van der Waals surface area (Å²) in [4.78, 5) is 0. The van der Waals surface area contributed by atoms with Gasteiger partial charge in [-0.3, -0.25) is 0 Å². The van der Waals surface area contributed by atoms with Crippen molar-refractivity contribution in [2.24, 2.45) is 17.8 Å². The molecule has 0 heterocycles. The fraction of sp³-hybridized carbons (Fsp3) is 0.810. The smallest absolute Gasteiger partial charge is 0.0849 e. The Bertz CT molecular complexity index is 234. The zero-order valence-corrected chi connectivity index (χ0v) is 18.1. The number of hydrogen-bond donors (Lipinski definition) is 0. The lowest BCUT2D eigenvalue weighted by molar-refractivity contribution is 0.134. The fourth-order valence-corrected chi connectivity index (χ4v) is 1.11. The zero-order chi connectivity index (χ0) is 19.8. The average Bonchev–Trinajstić information content (AvgIpc) is 2.55. The number of ether oxygens (including phenoxy) is 2. The van der Waals surface area contributed by atoms with E-state index in [1.807, 2.05) is 27.7 Å². The number of allylic oxidation sites excluding steroid dienone is 1. The van der Waals surface area contributed by atoms with Crippen LogP contribution in [-0.4, -0.2) is 26.4 Å². The third-order valence-corrected chi connectivity index (χ3v) is 1.94. The van der Waals surface area contributed by atoms with Crippen molar-refractivity contribution in [2.45, 2.75) is 69.2 Å². The first-order valence-electron chi connectivity index (χ1n) is 9.47. The second kappa shape index (κ2) is 30.2. The lowest BCUT2D eigenvalue weighted by atomic mass is 10.2. The van der Waals surface area contributed by atoms with E-state index in [2.05, 4.69) is 53.7 Å². The van der Waals surface area contributed by atoms with Crippen LogP contribution in [0.1, 0.15) is 69.2 Å². The van der Waals surface area contributed by atoms with Gasteiger partial charge in [0.1, 0.15) is 0 Å². The molecular formula is C21H45FO2. The van der Waals surface area contributed by atoms with E-state index in [-0.39, 0.29) is 0 Å². The van der Waals surface area contributed by atoms with Crippen molar-refractivity contribution in [1.82, 2.24) is 0 Å². The number of hydrogen-bond acceptors (Lipinski definition) is 2. The lowest BCUT2D eigenvalue weighted by Crippen LogP contribution is -2.01. The van der Waals surface area contributed by atoms with Gasteiger partial charge in [-0.15, -0.1) is 0 Å². The van der Waals surface area contributed by atoms with Gasteiger partial charge in [-0.1, -0.05) is 81.4 Å². The van der Waals surface area contributed by atoms with Crippen molar-refractivity contribution in [3.63, 3.8) is 0 Å². The monoisotopic (exact) mass is 348 g/mol. The molecule has 0 rings (SSSR count). The predicted octanol–water partition coefficient (Wildman–Crippen LogP) is 7.07. The van der Waals surface area contributed by atoms with Crippen molar-refractivity contribution < 1.29 is 13.9 Å². The predicted molar refractivity (Wildman–Crippen MR) is 108 cm³/mol. The van der Waals surface area contributed by atoms with E-state index in [0.29, 0.717) is 37.3 Å². The molecule has 0 aromatic carbocycles. The largest absolute Gasteiger partial charge is 0.377 e. The van der Waals surface area contributed by atoms with Gasteiger partial charge in [0.05, 0.1) is 19.5 Å². The molecule has 2 nitrogen and oxygen atoms in total. The molecule has 0 aliphatic rings. The standard InChI is InChI=1S/C10H20O.C7H13FO.2C2H6/c1-9(2)6-5-7-11-8-10(3)4;1-7(2)6-9-5-3-4-8;2*1-2/h5-6,9-10H,7-8H2,1-4H3;3-4,7H,5-6H2,1-2H3;2*1-2H3/b6-5+;4-3+;;. The van der Waals surface area contributed by atoms with Crippen molar-refractivity contribution in [1.29, 1.82) is 0 Å². The molecule has 0 radical (unpaired) electrons. The van der Waals surface area contributed by atoms with Crippen LogP contribution in [0.25, 0.3) is 0 Å². The molecule has 3 heteroatoms. The summed E-state index contributed by atoms with van der Waals surface area (Å²) in [5.74, 6) is 1.80. The first-order chi connectivity index (χ1) is 11.4. The summed E-state index contributed by atoms with van der Waals surface area (Å²) in [6, 6.07) is 0. The van der Waals surface area contributed by atoms with Crippen molar-refractivity contribution in [3.05, 3.63) is 24.6 Å². The molecule has 0 N–H and O–H groups in total. The van der Waals surface area contributed by atoms with E-state index in [1.165, 1.54) is 6.08 Å². The summed E-state index contributed by atoms with van der Waals surface area (Å²) in [6.45, 7) is 23.5. The molecule has 0 fully saturated rings. The highest BCUT2D eigenvalue weighted by molar-refractivity contribution is 4.84. The quantitative estimate of drug-likeness (QED) is 0.328. The van der Waals surface area contributed by atoms with Gasteiger partial charge in [-0.2, -0.15) is 0 Å². The Hall–Kier alpha value is -0.670. The van der Waals surface area contributed by atoms with Gasteiger partial charge in [-0.05, 0) is 23.8 Å². The summed E-state index contributed by atoms with van der Waals surface area (Å²) in [5.41, 5.74) is 0. The molecule has 0 atom stereocenters. The minimum absolute atomic E-state index is 0.384. The molecule has 0 aliphatic carbocycles. The van der Waals surface area contributed by atoms with Gasteiger partial charge >= 0.3 is 0 Å². The molecule has 0 saturated carbocycles. The highest BCUT2D eigenvalue weighted by Gasteiger charge is 1.91. The van der Waals surface area contributed by atoms with E-state index >= 15 is 0 Å². The summed E-state index contributed by atoms with van der Waals surface area (Å²) in [6.07, 6.45) is 6.11. The highest BCUT2D eigenvalue weighted by Crippen LogP contribution is 1.95. The van der Waals surface area contributed by atoms with Gasteiger partial charge in [0, 0.05) is 13.2 Å². The minimum Gasteiger partial charge on any atom is -0.377 e. The Morgan fingerprint density at radius 3 is 1.38 bits per heavy atom. The van der Waals surface area contributed by atoms with Gasteiger partial charge in [0.2, 0.25) is 0 Å². The van der Waals surface area contributed by atoms with Crippen molar-refractivity contribution >= 4 is 0 Å². The van der Waals surface area contributed by atoms with E-state index < -0.39 is 0 Å². The van der Waals surface area contributed by atoms with E-state index in [4.69, 9.17) is 9.47 Å². The maximum Gasteiger partial charge on any atom is 0.0849 e. The van der Waals surface area contributed by atoms with Gasteiger partial charge in [0.25, 0.3) is 0 Å². The topological polar surface area (TPSA) is 18.5 Å². The van der Waals surface area contributed by atoms with Crippen LogP contribution < -0.4 is 0 Å². The first kappa shape index (κ1) is 31.1. The molecule has 0 aliphatic heterocycles. The van der Waals surface area contributed by atoms with E-state index in [0.717, 1.165) is 13.2 Å². The average molecular weight is 349 g/mol. The molecule has 0 aromatic heterocycles. The van der Waals surface area contributed by atoms with Crippen LogP contribution in [0.4, 0.5) is 4.39 Å². The second-order valence-electron chi connectivity index (χ2n) is 5.90. The second-order valence-corrected chi connectivity index (χ2v) is 5.90. The van der Waals surface area contributed by atoms with Crippen LogP contribution in [0.15, 0.2) is 24.6 Å². The van der Waals surface area contributed by atoms with E-state index in [9.17, 15) is 4.39 Å². The van der Waals surface area contributed by atoms with Gasteiger partial charge in [-0.25, -0.2) is 4.39 Å². The number of rotatable bonds is 9. The van der Waals surface area contributed by atoms with Crippen molar-refractivity contribution in [2.75, 3.05) is 26.4 Å². The molecule has 0 spiro atoms. The third kappa shape index (κ3) is 49.6. The maximum atomic E-state index is 11.3. The molecule has 0 amide bonds. The summed E-state index contributed by atoms with van der Waals surface area (Å²) >= 11 is 0. The molecule has 24 heavy (non-hydrogen) atoms. The normalized spacial score (nSPS) is 10.4.